The third kappa shape index (κ3) is 5.40. The van der Waals surface area contributed by atoms with Gasteiger partial charge in [0.1, 0.15) is 11.5 Å². The topological polar surface area (TPSA) is 119 Å². The van der Waals surface area contributed by atoms with Crippen molar-refractivity contribution in [1.29, 1.82) is 0 Å². The predicted octanol–water partition coefficient (Wildman–Crippen LogP) is 6.56. The molecule has 7 rings (SSSR count). The molecule has 2 amide bonds. The van der Waals surface area contributed by atoms with Crippen LogP contribution in [-0.2, 0) is 19.2 Å². The molecule has 0 radical (unpaired) electrons. The van der Waals surface area contributed by atoms with Crippen LogP contribution in [0.25, 0.3) is 12.2 Å². The zero-order chi connectivity index (χ0) is 34.6. The van der Waals surface area contributed by atoms with Crippen LogP contribution in [0.3, 0.4) is 0 Å². The molecule has 1 saturated heterocycles. The van der Waals surface area contributed by atoms with Gasteiger partial charge in [0.25, 0.3) is 0 Å². The first kappa shape index (κ1) is 32.3. The number of anilines is 1. The van der Waals surface area contributed by atoms with Crippen LogP contribution < -0.4 is 19.1 Å². The van der Waals surface area contributed by atoms with E-state index in [1.165, 1.54) is 24.2 Å². The van der Waals surface area contributed by atoms with Crippen molar-refractivity contribution in [3.8, 4) is 23.0 Å². The standard InChI is InChI=1S/C39H32BrNO8/c1-47-24-11-15-32(48-2)21(16-24)7-4-20-5-9-23(10-6-20)41-38(45)26-13-12-25-27(35(26)39(41)46)18-28-36(31(43)19-29(40)37(28)44)34(25)22-8-14-33(49-3)30(42)17-22/h4-12,14-17,19,26-27,34-35,42H,13,18H2,1-3H3/t26-,27+,34-,35-/m0/s1. The Morgan fingerprint density at radius 3 is 2.27 bits per heavy atom. The maximum absolute atomic E-state index is 14.3. The van der Waals surface area contributed by atoms with Crippen LogP contribution in [0.1, 0.15) is 35.4 Å². The van der Waals surface area contributed by atoms with Crippen LogP contribution in [0.4, 0.5) is 5.69 Å². The van der Waals surface area contributed by atoms with Gasteiger partial charge < -0.3 is 19.3 Å². The van der Waals surface area contributed by atoms with Crippen LogP contribution in [0.15, 0.2) is 94.0 Å². The van der Waals surface area contributed by atoms with Crippen LogP contribution in [0.5, 0.6) is 23.0 Å². The first-order chi connectivity index (χ1) is 23.6. The number of nitrogens with zero attached hydrogens (tertiary/aromatic N) is 1. The molecule has 3 aliphatic carbocycles. The van der Waals surface area contributed by atoms with Crippen molar-refractivity contribution in [2.75, 3.05) is 26.2 Å². The smallest absolute Gasteiger partial charge is 0.238 e. The summed E-state index contributed by atoms with van der Waals surface area (Å²) in [5, 5.41) is 10.7. The van der Waals surface area contributed by atoms with E-state index in [4.69, 9.17) is 14.2 Å². The van der Waals surface area contributed by atoms with Gasteiger partial charge in [0.15, 0.2) is 23.1 Å². The van der Waals surface area contributed by atoms with Crippen molar-refractivity contribution in [3.05, 3.63) is 111 Å². The van der Waals surface area contributed by atoms with Gasteiger partial charge in [0, 0.05) is 28.7 Å². The molecule has 1 fully saturated rings. The number of hydrogen-bond acceptors (Lipinski definition) is 8. The SMILES string of the molecule is COc1ccc(OC)c(C=Cc2ccc(N3C(=O)[C@H]4[C@H](CC=C5[C@H](c6ccc(OC)c(O)c6)C6=C(C[C@H]54)C(=O)C(Br)=CC6=O)C3=O)cc2)c1. The molecule has 0 aromatic heterocycles. The molecule has 0 unspecified atom stereocenters. The zero-order valence-electron chi connectivity index (χ0n) is 26.9. The molecule has 9 nitrogen and oxygen atoms in total. The summed E-state index contributed by atoms with van der Waals surface area (Å²) in [5.41, 5.74) is 4.20. The van der Waals surface area contributed by atoms with Crippen LogP contribution in [0, 0.1) is 17.8 Å². The van der Waals surface area contributed by atoms with Gasteiger partial charge in [-0.2, -0.15) is 0 Å². The van der Waals surface area contributed by atoms with Crippen molar-refractivity contribution >= 4 is 57.2 Å². The monoisotopic (exact) mass is 721 g/mol. The van der Waals surface area contributed by atoms with Crippen LogP contribution in [0.2, 0.25) is 0 Å². The largest absolute Gasteiger partial charge is 0.504 e. The number of phenolic OH excluding ortho intramolecular Hbond substituents is 1. The first-order valence-electron chi connectivity index (χ1n) is 15.8. The van der Waals surface area contributed by atoms with E-state index in [9.17, 15) is 24.3 Å². The Kier molecular flexibility index (Phi) is 8.36. The summed E-state index contributed by atoms with van der Waals surface area (Å²) in [6, 6.07) is 17.6. The molecule has 0 saturated carbocycles. The Bertz CT molecular complexity index is 2060. The van der Waals surface area contributed by atoms with Crippen molar-refractivity contribution < 1.29 is 38.5 Å². The number of methoxy groups -OCH3 is 3. The molecule has 248 valence electrons. The number of rotatable bonds is 7. The average Bonchev–Trinajstić information content (AvgIpc) is 3.37. The van der Waals surface area contributed by atoms with Crippen LogP contribution in [-0.4, -0.2) is 49.8 Å². The van der Waals surface area contributed by atoms with Crippen molar-refractivity contribution in [2.45, 2.75) is 18.8 Å². The number of ketones is 2. The Balaban J connectivity index is 1.21. The second kappa shape index (κ2) is 12.7. The highest BCUT2D eigenvalue weighted by atomic mass is 79.9. The molecule has 3 aromatic rings. The lowest BCUT2D eigenvalue weighted by atomic mass is 9.59. The van der Waals surface area contributed by atoms with E-state index in [0.29, 0.717) is 40.3 Å². The molecule has 49 heavy (non-hydrogen) atoms. The summed E-state index contributed by atoms with van der Waals surface area (Å²) in [6.45, 7) is 0. The maximum atomic E-state index is 14.3. The van der Waals surface area contributed by atoms with Gasteiger partial charge in [0.05, 0.1) is 43.3 Å². The number of aromatic hydroxyl groups is 1. The quantitative estimate of drug-likeness (QED) is 0.126. The Hall–Kier alpha value is -5.22. The normalized spacial score (nSPS) is 23.2. The minimum absolute atomic E-state index is 0.107. The number of carbonyl (C=O) groups is 4. The van der Waals surface area contributed by atoms with Crippen molar-refractivity contribution in [1.82, 2.24) is 0 Å². The molecule has 0 bridgehead atoms. The fourth-order valence-corrected chi connectivity index (χ4v) is 8.06. The van der Waals surface area contributed by atoms with Gasteiger partial charge >= 0.3 is 0 Å². The second-order valence-corrected chi connectivity index (χ2v) is 13.2. The third-order valence-corrected chi connectivity index (χ3v) is 10.5. The van der Waals surface area contributed by atoms with Crippen molar-refractivity contribution in [2.24, 2.45) is 17.8 Å². The molecule has 0 spiro atoms. The third-order valence-electron chi connectivity index (χ3n) is 9.91. The number of benzene rings is 3. The van der Waals surface area contributed by atoms with E-state index >= 15 is 0 Å². The van der Waals surface area contributed by atoms with E-state index in [0.717, 1.165) is 16.7 Å². The number of halogens is 1. The number of allylic oxidation sites excluding steroid dienone is 6. The number of amides is 2. The van der Waals surface area contributed by atoms with Crippen molar-refractivity contribution in [3.63, 3.8) is 0 Å². The molecule has 3 aromatic carbocycles. The summed E-state index contributed by atoms with van der Waals surface area (Å²) in [5.74, 6) is -2.20. The number of hydrogen-bond donors (Lipinski definition) is 1. The number of imide groups is 1. The Morgan fingerprint density at radius 1 is 0.837 bits per heavy atom. The predicted molar refractivity (Wildman–Crippen MR) is 187 cm³/mol. The highest BCUT2D eigenvalue weighted by molar-refractivity contribution is 9.12. The molecule has 4 aliphatic rings. The second-order valence-electron chi connectivity index (χ2n) is 12.4. The number of phenols is 1. The van der Waals surface area contributed by atoms with Gasteiger partial charge in [-0.15, -0.1) is 0 Å². The molecule has 4 atom stereocenters. The molecular weight excluding hydrogens is 690 g/mol. The highest BCUT2D eigenvalue weighted by Crippen LogP contribution is 2.56. The van der Waals surface area contributed by atoms with Gasteiger partial charge in [-0.25, -0.2) is 0 Å². The number of Topliss-reactive ketones (excluding diaryl/α,β-unsaturated/α-hetero) is 1. The first-order valence-corrected chi connectivity index (χ1v) is 16.6. The number of ether oxygens (including phenoxy) is 3. The summed E-state index contributed by atoms with van der Waals surface area (Å²) >= 11 is 3.25. The van der Waals surface area contributed by atoms with E-state index in [1.54, 1.807) is 38.5 Å². The fourth-order valence-electron chi connectivity index (χ4n) is 7.62. The van der Waals surface area contributed by atoms with E-state index < -0.39 is 23.7 Å². The van der Waals surface area contributed by atoms with E-state index in [1.807, 2.05) is 48.6 Å². The summed E-state index contributed by atoms with van der Waals surface area (Å²) in [4.78, 5) is 56.4. The van der Waals surface area contributed by atoms with Gasteiger partial charge in [-0.05, 0) is 88.3 Å². The number of fused-ring (bicyclic) bond motifs is 3. The zero-order valence-corrected chi connectivity index (χ0v) is 28.5. The molecule has 10 heteroatoms. The lowest BCUT2D eigenvalue weighted by Crippen LogP contribution is -2.39. The molecule has 1 N–H and O–H groups in total. The summed E-state index contributed by atoms with van der Waals surface area (Å²) in [6.07, 6.45) is 7.50. The molecule has 1 aliphatic heterocycles. The maximum Gasteiger partial charge on any atom is 0.238 e. The van der Waals surface area contributed by atoms with Crippen LogP contribution >= 0.6 is 15.9 Å². The van der Waals surface area contributed by atoms with E-state index in [2.05, 4.69) is 15.9 Å². The fraction of sp³-hybridized carbons (Fsp3) is 0.231. The number of carbonyl (C=O) groups excluding carboxylic acids is 4. The van der Waals surface area contributed by atoms with E-state index in [-0.39, 0.29) is 45.8 Å². The minimum atomic E-state index is -0.719. The van der Waals surface area contributed by atoms with Gasteiger partial charge in [0.2, 0.25) is 11.8 Å². The lowest BCUT2D eigenvalue weighted by Gasteiger charge is -2.42. The highest BCUT2D eigenvalue weighted by Gasteiger charge is 2.56. The minimum Gasteiger partial charge on any atom is -0.504 e. The molecular formula is C39H32BrNO8. The molecule has 1 heterocycles. The summed E-state index contributed by atoms with van der Waals surface area (Å²) in [7, 11) is 4.65. The average molecular weight is 723 g/mol. The Morgan fingerprint density at radius 2 is 1.57 bits per heavy atom. The van der Waals surface area contributed by atoms with Gasteiger partial charge in [-0.3, -0.25) is 24.1 Å². The Labute approximate surface area is 291 Å². The lowest BCUT2D eigenvalue weighted by molar-refractivity contribution is -0.123. The van der Waals surface area contributed by atoms with Gasteiger partial charge in [-0.1, -0.05) is 42.0 Å². The summed E-state index contributed by atoms with van der Waals surface area (Å²) < 4.78 is 16.2.